The number of benzene rings is 1. The summed E-state index contributed by atoms with van der Waals surface area (Å²) >= 11 is 0. The van der Waals surface area contributed by atoms with E-state index in [1.807, 2.05) is 0 Å². The van der Waals surface area contributed by atoms with Gasteiger partial charge in [-0.3, -0.25) is 29.0 Å². The van der Waals surface area contributed by atoms with Crippen LogP contribution in [0.5, 0.6) is 0 Å². The van der Waals surface area contributed by atoms with Gasteiger partial charge in [-0.25, -0.2) is 4.79 Å². The first-order chi connectivity index (χ1) is 26.3. The summed E-state index contributed by atoms with van der Waals surface area (Å²) < 4.78 is 43.2. The Labute approximate surface area is 325 Å². The van der Waals surface area contributed by atoms with Gasteiger partial charge in [0.1, 0.15) is 24.1 Å². The van der Waals surface area contributed by atoms with Crippen LogP contribution in [-0.2, 0) is 57.1 Å². The summed E-state index contributed by atoms with van der Waals surface area (Å²) in [5, 5.41) is 0. The second-order valence-corrected chi connectivity index (χ2v) is 15.3. The number of esters is 5. The molecule has 0 unspecified atom stereocenters. The van der Waals surface area contributed by atoms with Crippen molar-refractivity contribution in [1.29, 1.82) is 0 Å². The number of ketones is 1. The SMILES string of the molecule is C=C(O[C@H]1[C@@H](OC(=O)c2ccccc2)[C@@H](OC(C)=O)C(=C)[C@H](OC(C)=O)[C@H]2[C@@H](OC(C)=O)[C@H](C)C[C@@]2(OC(C)=O)C(=O)[C@@H](C)[C@H]2O[C@H]2C1(C)C)c1cccnc1. The molecule has 3 aliphatic rings. The van der Waals surface area contributed by atoms with E-state index in [0.717, 1.165) is 20.8 Å². The van der Waals surface area contributed by atoms with Crippen molar-refractivity contribution < 1.29 is 61.9 Å². The molecule has 0 amide bonds. The van der Waals surface area contributed by atoms with Crippen LogP contribution in [0.25, 0.3) is 5.76 Å². The van der Waals surface area contributed by atoms with E-state index < -0.39 is 107 Å². The van der Waals surface area contributed by atoms with Gasteiger partial charge in [0, 0.05) is 69.0 Å². The molecule has 2 heterocycles. The van der Waals surface area contributed by atoms with Crippen molar-refractivity contribution in [2.75, 3.05) is 0 Å². The predicted octanol–water partition coefficient (Wildman–Crippen LogP) is 4.98. The van der Waals surface area contributed by atoms with Gasteiger partial charge in [0.15, 0.2) is 23.6 Å². The van der Waals surface area contributed by atoms with Gasteiger partial charge in [0.2, 0.25) is 0 Å². The molecule has 0 radical (unpaired) electrons. The summed E-state index contributed by atoms with van der Waals surface area (Å²) in [6, 6.07) is 11.5. The highest BCUT2D eigenvalue weighted by Crippen LogP contribution is 2.55. The maximum atomic E-state index is 15.1. The molecule has 1 saturated heterocycles. The van der Waals surface area contributed by atoms with E-state index in [1.54, 1.807) is 64.2 Å². The third kappa shape index (κ3) is 8.40. The van der Waals surface area contributed by atoms with Crippen molar-refractivity contribution in [2.45, 2.75) is 110 Å². The normalized spacial score (nSPS) is 32.1. The van der Waals surface area contributed by atoms with Crippen molar-refractivity contribution in [3.05, 3.63) is 84.7 Å². The molecule has 1 aliphatic heterocycles. The van der Waals surface area contributed by atoms with Gasteiger partial charge in [-0.15, -0.1) is 0 Å². The summed E-state index contributed by atoms with van der Waals surface area (Å²) in [6.07, 6.45) is -5.96. The topological polar surface area (TPSA) is 183 Å². The van der Waals surface area contributed by atoms with Crippen LogP contribution in [-0.4, -0.2) is 88.9 Å². The van der Waals surface area contributed by atoms with Crippen LogP contribution >= 0.6 is 0 Å². The Kier molecular flexibility index (Phi) is 12.2. The number of carbonyl (C=O) groups is 6. The molecule has 14 heteroatoms. The largest absolute Gasteiger partial charge is 0.486 e. The van der Waals surface area contributed by atoms with Crippen LogP contribution in [0.3, 0.4) is 0 Å². The van der Waals surface area contributed by atoms with Crippen molar-refractivity contribution in [3.63, 3.8) is 0 Å². The minimum Gasteiger partial charge on any atom is -0.486 e. The highest BCUT2D eigenvalue weighted by Gasteiger charge is 2.69. The van der Waals surface area contributed by atoms with Gasteiger partial charge < -0.3 is 33.2 Å². The molecule has 56 heavy (non-hydrogen) atoms. The number of Topliss-reactive ketones (excluding diaryl/α,β-unsaturated/α-hetero) is 1. The van der Waals surface area contributed by atoms with E-state index in [1.165, 1.54) is 25.3 Å². The predicted molar refractivity (Wildman–Crippen MR) is 198 cm³/mol. The minimum absolute atomic E-state index is 0.113. The summed E-state index contributed by atoms with van der Waals surface area (Å²) in [5.74, 6) is -7.55. The maximum absolute atomic E-state index is 15.1. The number of hydrogen-bond acceptors (Lipinski definition) is 14. The van der Waals surface area contributed by atoms with Crippen LogP contribution in [0.1, 0.15) is 77.7 Å². The second-order valence-electron chi connectivity index (χ2n) is 15.3. The average molecular weight is 776 g/mol. The molecule has 2 aromatic rings. The lowest BCUT2D eigenvalue weighted by atomic mass is 9.69. The van der Waals surface area contributed by atoms with Crippen molar-refractivity contribution in [3.8, 4) is 0 Å². The van der Waals surface area contributed by atoms with Crippen LogP contribution in [0.2, 0.25) is 0 Å². The monoisotopic (exact) mass is 775 g/mol. The standard InChI is InChI=1S/C42H49NO13/c1-21-19-42(56-28(8)47)31(32(21)51-25(5)44)33(52-26(6)45)22(2)34(53-27(7)46)36(55-40(49)29-15-12-11-13-16-29)39(50-24(4)30-17-14-18-43-20-30)41(9,10)38-35(54-38)23(3)37(42)48/h11-18,20-21,23,31-36,38-39H,2,4,19H2,1,3,5-10H3/t21-,23+,31-,32+,33+,34+,35-,36+,38-,39+,42+/m1/s1. The number of rotatable bonds is 9. The lowest BCUT2D eigenvalue weighted by Gasteiger charge is -2.45. The molecule has 0 N–H and O–H groups in total. The lowest BCUT2D eigenvalue weighted by molar-refractivity contribution is -0.188. The van der Waals surface area contributed by atoms with E-state index in [2.05, 4.69) is 18.1 Å². The first-order valence-electron chi connectivity index (χ1n) is 18.4. The second kappa shape index (κ2) is 16.4. The average Bonchev–Trinajstić information content (AvgIpc) is 3.91. The van der Waals surface area contributed by atoms with Crippen LogP contribution in [0.15, 0.2) is 73.6 Å². The molecule has 1 aromatic carbocycles. The van der Waals surface area contributed by atoms with Gasteiger partial charge >= 0.3 is 29.8 Å². The van der Waals surface area contributed by atoms with Crippen LogP contribution in [0, 0.1) is 23.2 Å². The fourth-order valence-corrected chi connectivity index (χ4v) is 8.32. The minimum atomic E-state index is -2.06. The molecule has 5 rings (SSSR count). The summed E-state index contributed by atoms with van der Waals surface area (Å²) in [7, 11) is 0. The first kappa shape index (κ1) is 41.8. The highest BCUT2D eigenvalue weighted by molar-refractivity contribution is 5.93. The number of ether oxygens (including phenoxy) is 7. The Morgan fingerprint density at radius 1 is 0.786 bits per heavy atom. The third-order valence-electron chi connectivity index (χ3n) is 10.8. The first-order valence-corrected chi connectivity index (χ1v) is 18.4. The third-order valence-corrected chi connectivity index (χ3v) is 10.8. The number of hydrogen-bond donors (Lipinski definition) is 0. The molecule has 14 nitrogen and oxygen atoms in total. The fourth-order valence-electron chi connectivity index (χ4n) is 8.32. The van der Waals surface area contributed by atoms with Gasteiger partial charge in [0.25, 0.3) is 0 Å². The number of epoxide rings is 1. The number of pyridine rings is 1. The molecule has 0 spiro atoms. The van der Waals surface area contributed by atoms with E-state index in [-0.39, 0.29) is 23.3 Å². The zero-order valence-corrected chi connectivity index (χ0v) is 32.8. The Balaban J connectivity index is 1.82. The van der Waals surface area contributed by atoms with Gasteiger partial charge in [-0.05, 0) is 30.2 Å². The van der Waals surface area contributed by atoms with Crippen LogP contribution < -0.4 is 0 Å². The molecule has 0 bridgehead atoms. The summed E-state index contributed by atoms with van der Waals surface area (Å²) in [5.41, 5.74) is -2.79. The van der Waals surface area contributed by atoms with Gasteiger partial charge in [0.05, 0.1) is 23.7 Å². The highest BCUT2D eigenvalue weighted by atomic mass is 16.6. The number of aromatic nitrogens is 1. The smallest absolute Gasteiger partial charge is 0.338 e. The zero-order valence-electron chi connectivity index (χ0n) is 32.8. The molecule has 11 atom stereocenters. The van der Waals surface area contributed by atoms with E-state index in [0.29, 0.717) is 5.56 Å². The number of nitrogens with zero attached hydrogens (tertiary/aromatic N) is 1. The fraction of sp³-hybridized carbons (Fsp3) is 0.500. The number of carbonyl (C=O) groups excluding carboxylic acids is 6. The summed E-state index contributed by atoms with van der Waals surface area (Å²) in [6.45, 7) is 19.9. The lowest BCUT2D eigenvalue weighted by Crippen LogP contribution is -2.60. The van der Waals surface area contributed by atoms with Crippen molar-refractivity contribution in [2.24, 2.45) is 23.2 Å². The molecule has 2 saturated carbocycles. The molecular weight excluding hydrogens is 726 g/mol. The van der Waals surface area contributed by atoms with Crippen LogP contribution in [0.4, 0.5) is 0 Å². The van der Waals surface area contributed by atoms with E-state index >= 15 is 4.79 Å². The quantitative estimate of drug-likeness (QED) is 0.109. The van der Waals surface area contributed by atoms with Crippen molar-refractivity contribution >= 4 is 41.4 Å². The Bertz CT molecular complexity index is 1880. The molecule has 2 aliphatic carbocycles. The molecular formula is C42H49NO13. The maximum Gasteiger partial charge on any atom is 0.338 e. The Morgan fingerprint density at radius 3 is 1.96 bits per heavy atom. The van der Waals surface area contributed by atoms with Crippen molar-refractivity contribution in [1.82, 2.24) is 4.98 Å². The Morgan fingerprint density at radius 2 is 1.39 bits per heavy atom. The van der Waals surface area contributed by atoms with E-state index in [4.69, 9.17) is 33.2 Å². The molecule has 3 fully saturated rings. The molecule has 300 valence electrons. The zero-order chi connectivity index (χ0) is 41.3. The number of fused-ring (bicyclic) bond motifs is 2. The van der Waals surface area contributed by atoms with E-state index in [9.17, 15) is 24.0 Å². The Hall–Kier alpha value is -5.37. The summed E-state index contributed by atoms with van der Waals surface area (Å²) in [4.78, 5) is 85.2. The molecule has 1 aromatic heterocycles. The van der Waals surface area contributed by atoms with Gasteiger partial charge in [-0.2, -0.15) is 0 Å². The van der Waals surface area contributed by atoms with Gasteiger partial charge in [-0.1, -0.05) is 59.1 Å².